The second-order valence-corrected chi connectivity index (χ2v) is 5.79. The van der Waals surface area contributed by atoms with Crippen molar-refractivity contribution in [2.24, 2.45) is 5.41 Å². The van der Waals surface area contributed by atoms with Gasteiger partial charge in [-0.05, 0) is 12.8 Å². The van der Waals surface area contributed by atoms with Crippen LogP contribution in [0.1, 0.15) is 37.9 Å². The largest absolute Gasteiger partial charge is 0.481 e. The number of aromatic amines is 1. The van der Waals surface area contributed by atoms with Crippen LogP contribution in [0.25, 0.3) is 11.4 Å². The summed E-state index contributed by atoms with van der Waals surface area (Å²) in [7, 11) is 0. The lowest BCUT2D eigenvalue weighted by Crippen LogP contribution is -2.35. The van der Waals surface area contributed by atoms with Gasteiger partial charge in [0.2, 0.25) is 0 Å². The van der Waals surface area contributed by atoms with Gasteiger partial charge in [0.25, 0.3) is 0 Å². The summed E-state index contributed by atoms with van der Waals surface area (Å²) in [5.41, 5.74) is 0.263. The van der Waals surface area contributed by atoms with Gasteiger partial charge in [-0.25, -0.2) is 4.98 Å². The number of hydrogen-bond acceptors (Lipinski definition) is 3. The topological polar surface area (TPSA) is 78.9 Å². The monoisotopic (exact) mass is 285 g/mol. The molecule has 5 nitrogen and oxygen atoms in total. The number of aromatic nitrogens is 3. The normalized spacial score (nSPS) is 17.5. The molecule has 2 aromatic rings. The van der Waals surface area contributed by atoms with Crippen molar-refractivity contribution in [3.05, 3.63) is 36.2 Å². The van der Waals surface area contributed by atoms with Crippen molar-refractivity contribution in [1.82, 2.24) is 15.2 Å². The standard InChI is InChI=1S/C16H19N3O2/c20-15(21)16(9-5-2-6-10-16)11-13-17-14(19-18-13)12-7-3-1-4-8-12/h1,3-4,7-8H,2,5-6,9-11H2,(H,20,21)(H,17,18,19). The second kappa shape index (κ2) is 5.68. The van der Waals surface area contributed by atoms with Crippen LogP contribution in [0.3, 0.4) is 0 Å². The summed E-state index contributed by atoms with van der Waals surface area (Å²) in [6.07, 6.45) is 4.97. The minimum atomic E-state index is -0.708. The molecule has 1 aromatic heterocycles. The van der Waals surface area contributed by atoms with Gasteiger partial charge in [0.05, 0.1) is 5.41 Å². The zero-order chi connectivity index (χ0) is 14.7. The fraction of sp³-hybridized carbons (Fsp3) is 0.438. The van der Waals surface area contributed by atoms with E-state index in [0.717, 1.165) is 37.7 Å². The van der Waals surface area contributed by atoms with Gasteiger partial charge in [-0.3, -0.25) is 9.89 Å². The summed E-state index contributed by atoms with van der Waals surface area (Å²) in [6.45, 7) is 0. The second-order valence-electron chi connectivity index (χ2n) is 5.79. The van der Waals surface area contributed by atoms with Crippen LogP contribution in [0.5, 0.6) is 0 Å². The van der Waals surface area contributed by atoms with E-state index < -0.39 is 11.4 Å². The molecule has 1 aliphatic rings. The third-order valence-electron chi connectivity index (χ3n) is 4.33. The molecule has 5 heteroatoms. The third-order valence-corrected chi connectivity index (χ3v) is 4.33. The van der Waals surface area contributed by atoms with Crippen molar-refractivity contribution < 1.29 is 9.90 Å². The van der Waals surface area contributed by atoms with E-state index in [1.165, 1.54) is 0 Å². The summed E-state index contributed by atoms with van der Waals surface area (Å²) in [6, 6.07) is 9.70. The van der Waals surface area contributed by atoms with Crippen molar-refractivity contribution in [3.8, 4) is 11.4 Å². The number of nitrogens with zero attached hydrogens (tertiary/aromatic N) is 2. The number of H-pyrrole nitrogens is 1. The van der Waals surface area contributed by atoms with E-state index in [-0.39, 0.29) is 0 Å². The molecule has 0 aliphatic heterocycles. The number of rotatable bonds is 4. The first-order valence-corrected chi connectivity index (χ1v) is 7.40. The SMILES string of the molecule is O=C(O)C1(Cc2nc(-c3ccccc3)n[nH]2)CCCCC1. The van der Waals surface area contributed by atoms with Crippen molar-refractivity contribution in [2.45, 2.75) is 38.5 Å². The minimum Gasteiger partial charge on any atom is -0.481 e. The molecule has 2 N–H and O–H groups in total. The summed E-state index contributed by atoms with van der Waals surface area (Å²) in [4.78, 5) is 16.2. The Hall–Kier alpha value is -2.17. The molecule has 0 bridgehead atoms. The molecule has 0 radical (unpaired) electrons. The molecule has 110 valence electrons. The lowest BCUT2D eigenvalue weighted by atomic mass is 9.72. The summed E-state index contributed by atoms with van der Waals surface area (Å²) >= 11 is 0. The number of carboxylic acid groups (broad SMARTS) is 1. The quantitative estimate of drug-likeness (QED) is 0.905. The minimum absolute atomic E-state index is 0.433. The van der Waals surface area contributed by atoms with Crippen molar-refractivity contribution in [2.75, 3.05) is 0 Å². The molecule has 1 fully saturated rings. The van der Waals surface area contributed by atoms with Gasteiger partial charge in [-0.15, -0.1) is 0 Å². The highest BCUT2D eigenvalue weighted by atomic mass is 16.4. The molecule has 0 unspecified atom stereocenters. The van der Waals surface area contributed by atoms with Crippen molar-refractivity contribution in [3.63, 3.8) is 0 Å². The average Bonchev–Trinajstić information content (AvgIpc) is 2.97. The van der Waals surface area contributed by atoms with Crippen molar-refractivity contribution >= 4 is 5.97 Å². The maximum absolute atomic E-state index is 11.7. The predicted molar refractivity (Wildman–Crippen MR) is 78.7 cm³/mol. The molecular formula is C16H19N3O2. The summed E-state index contributed by atoms with van der Waals surface area (Å²) in [5, 5.41) is 16.7. The number of carboxylic acids is 1. The molecule has 1 heterocycles. The lowest BCUT2D eigenvalue weighted by molar-refractivity contribution is -0.151. The Kier molecular flexibility index (Phi) is 3.73. The zero-order valence-corrected chi connectivity index (χ0v) is 11.9. The molecule has 1 saturated carbocycles. The van der Waals surface area contributed by atoms with Crippen LogP contribution in [0.4, 0.5) is 0 Å². The van der Waals surface area contributed by atoms with Gasteiger partial charge >= 0.3 is 5.97 Å². The molecule has 21 heavy (non-hydrogen) atoms. The number of benzene rings is 1. The first-order chi connectivity index (χ1) is 10.2. The van der Waals surface area contributed by atoms with Crippen LogP contribution < -0.4 is 0 Å². The van der Waals surface area contributed by atoms with Crippen LogP contribution >= 0.6 is 0 Å². The highest BCUT2D eigenvalue weighted by molar-refractivity contribution is 5.75. The third kappa shape index (κ3) is 2.82. The van der Waals surface area contributed by atoms with Gasteiger partial charge in [0.15, 0.2) is 5.82 Å². The molecule has 0 amide bonds. The van der Waals surface area contributed by atoms with E-state index in [1.807, 2.05) is 30.3 Å². The van der Waals surface area contributed by atoms with Crippen LogP contribution in [0.15, 0.2) is 30.3 Å². The van der Waals surface area contributed by atoms with Crippen LogP contribution in [-0.4, -0.2) is 26.3 Å². The Bertz CT molecular complexity index is 615. The van der Waals surface area contributed by atoms with E-state index in [2.05, 4.69) is 15.2 Å². The van der Waals surface area contributed by atoms with Gasteiger partial charge in [0.1, 0.15) is 5.82 Å². The van der Waals surface area contributed by atoms with E-state index in [9.17, 15) is 9.90 Å². The maximum atomic E-state index is 11.7. The Morgan fingerprint density at radius 3 is 2.57 bits per heavy atom. The Morgan fingerprint density at radius 2 is 1.90 bits per heavy atom. The average molecular weight is 285 g/mol. The smallest absolute Gasteiger partial charge is 0.310 e. The first-order valence-electron chi connectivity index (χ1n) is 7.40. The van der Waals surface area contributed by atoms with E-state index in [1.54, 1.807) is 0 Å². The molecule has 0 atom stereocenters. The van der Waals surface area contributed by atoms with Crippen LogP contribution in [0.2, 0.25) is 0 Å². The fourth-order valence-electron chi connectivity index (χ4n) is 3.11. The maximum Gasteiger partial charge on any atom is 0.310 e. The molecule has 1 aliphatic carbocycles. The van der Waals surface area contributed by atoms with Gasteiger partial charge in [-0.1, -0.05) is 49.6 Å². The predicted octanol–water partition coefficient (Wildman–Crippen LogP) is 3.05. The molecule has 1 aromatic carbocycles. The molecule has 0 spiro atoms. The number of aliphatic carboxylic acids is 1. The number of hydrogen-bond donors (Lipinski definition) is 2. The van der Waals surface area contributed by atoms with E-state index in [4.69, 9.17) is 0 Å². The van der Waals surface area contributed by atoms with Gasteiger partial charge in [0, 0.05) is 12.0 Å². The number of nitrogens with one attached hydrogen (secondary N) is 1. The van der Waals surface area contributed by atoms with Crippen molar-refractivity contribution in [1.29, 1.82) is 0 Å². The Labute approximate surface area is 123 Å². The van der Waals surface area contributed by atoms with E-state index >= 15 is 0 Å². The molecule has 3 rings (SSSR count). The number of carbonyl (C=O) groups is 1. The van der Waals surface area contributed by atoms with Gasteiger partial charge < -0.3 is 5.11 Å². The highest BCUT2D eigenvalue weighted by Gasteiger charge is 2.40. The highest BCUT2D eigenvalue weighted by Crippen LogP contribution is 2.39. The van der Waals surface area contributed by atoms with E-state index in [0.29, 0.717) is 18.1 Å². The Balaban J connectivity index is 1.81. The molecular weight excluding hydrogens is 266 g/mol. The Morgan fingerprint density at radius 1 is 1.19 bits per heavy atom. The summed E-state index contributed by atoms with van der Waals surface area (Å²) in [5.74, 6) is 0.583. The van der Waals surface area contributed by atoms with Gasteiger partial charge in [-0.2, -0.15) is 5.10 Å². The lowest BCUT2D eigenvalue weighted by Gasteiger charge is -2.32. The summed E-state index contributed by atoms with van der Waals surface area (Å²) < 4.78 is 0. The first kappa shape index (κ1) is 13.8. The fourth-order valence-corrected chi connectivity index (χ4v) is 3.11. The van der Waals surface area contributed by atoms with Crippen LogP contribution in [-0.2, 0) is 11.2 Å². The molecule has 0 saturated heterocycles. The zero-order valence-electron chi connectivity index (χ0n) is 11.9. The van der Waals surface area contributed by atoms with Crippen LogP contribution in [0, 0.1) is 5.41 Å².